The largest absolute Gasteiger partial charge is 0.497 e. The molecule has 0 saturated carbocycles. The Bertz CT molecular complexity index is 1110. The molecule has 3 aliphatic heterocycles. The molecule has 10 nitrogen and oxygen atoms in total. The Kier molecular flexibility index (Phi) is 7.44. The quantitative estimate of drug-likeness (QED) is 0.480. The van der Waals surface area contributed by atoms with Gasteiger partial charge in [0.1, 0.15) is 11.5 Å². The van der Waals surface area contributed by atoms with Crippen molar-refractivity contribution < 1.29 is 28.7 Å². The van der Waals surface area contributed by atoms with E-state index >= 15 is 0 Å². The Morgan fingerprint density at radius 2 is 0.947 bits per heavy atom. The highest BCUT2D eigenvalue weighted by atomic mass is 16.5. The van der Waals surface area contributed by atoms with Crippen LogP contribution in [0.5, 0.6) is 11.5 Å². The van der Waals surface area contributed by atoms with Crippen molar-refractivity contribution in [3.8, 4) is 11.5 Å². The first-order chi connectivity index (χ1) is 18.4. The molecule has 38 heavy (non-hydrogen) atoms. The second-order valence-electron chi connectivity index (χ2n) is 9.84. The molecule has 3 fully saturated rings. The zero-order valence-corrected chi connectivity index (χ0v) is 21.7. The number of ether oxygens (including phenoxy) is 2. The van der Waals surface area contributed by atoms with Crippen molar-refractivity contribution in [3.63, 3.8) is 0 Å². The first kappa shape index (κ1) is 25.9. The van der Waals surface area contributed by atoms with Gasteiger partial charge in [-0.25, -0.2) is 0 Å². The summed E-state index contributed by atoms with van der Waals surface area (Å²) in [6, 6.07) is 13.7. The van der Waals surface area contributed by atoms with Crippen molar-refractivity contribution in [2.45, 2.75) is 38.0 Å². The van der Waals surface area contributed by atoms with Crippen LogP contribution in [-0.4, -0.2) is 95.7 Å². The minimum absolute atomic E-state index is 0.158. The Balaban J connectivity index is 1.15. The minimum atomic E-state index is -0.490. The number of hydrogen-bond donors (Lipinski definition) is 0. The first-order valence-electron chi connectivity index (χ1n) is 12.8. The van der Waals surface area contributed by atoms with Crippen LogP contribution in [0.1, 0.15) is 24.0 Å². The fourth-order valence-corrected chi connectivity index (χ4v) is 5.42. The summed E-state index contributed by atoms with van der Waals surface area (Å²) >= 11 is 0. The Labute approximate surface area is 221 Å². The lowest BCUT2D eigenvalue weighted by molar-refractivity contribution is -0.143. The number of amides is 4. The van der Waals surface area contributed by atoms with E-state index in [1.165, 1.54) is 9.80 Å². The van der Waals surface area contributed by atoms with Crippen LogP contribution in [0, 0.1) is 0 Å². The van der Waals surface area contributed by atoms with Gasteiger partial charge in [0.25, 0.3) is 0 Å². The van der Waals surface area contributed by atoms with Gasteiger partial charge in [0.2, 0.25) is 23.6 Å². The molecular formula is C28H32N4O6. The molecule has 2 aromatic carbocycles. The van der Waals surface area contributed by atoms with Crippen molar-refractivity contribution in [1.82, 2.24) is 19.6 Å². The molecule has 0 N–H and O–H groups in total. The number of rotatable bonds is 8. The third-order valence-corrected chi connectivity index (χ3v) is 7.67. The van der Waals surface area contributed by atoms with E-state index in [2.05, 4.69) is 0 Å². The SMILES string of the molecule is COc1ccc(CN2C(=O)CC(N3CCN(C4CC(=O)N(Cc5ccc(OC)cc5)C4=O)CC3)C2=O)cc1. The van der Waals surface area contributed by atoms with Gasteiger partial charge < -0.3 is 9.47 Å². The van der Waals surface area contributed by atoms with Gasteiger partial charge in [-0.3, -0.25) is 38.8 Å². The summed E-state index contributed by atoms with van der Waals surface area (Å²) in [5.74, 6) is 0.715. The average molecular weight is 521 g/mol. The van der Waals surface area contributed by atoms with Crippen molar-refractivity contribution in [2.24, 2.45) is 0 Å². The molecular weight excluding hydrogens is 488 g/mol. The molecule has 2 atom stereocenters. The Morgan fingerprint density at radius 1 is 0.605 bits per heavy atom. The summed E-state index contributed by atoms with van der Waals surface area (Å²) < 4.78 is 10.3. The molecule has 200 valence electrons. The molecule has 0 bridgehead atoms. The van der Waals surface area contributed by atoms with Crippen molar-refractivity contribution in [2.75, 3.05) is 40.4 Å². The van der Waals surface area contributed by atoms with E-state index in [4.69, 9.17) is 9.47 Å². The predicted molar refractivity (Wildman–Crippen MR) is 137 cm³/mol. The summed E-state index contributed by atoms with van der Waals surface area (Å²) in [5, 5.41) is 0. The standard InChI is InChI=1S/C28H32N4O6/c1-37-21-7-3-19(4-8-21)17-31-25(33)15-23(27(31)35)29-11-13-30(14-12-29)24-16-26(34)32(28(24)36)18-20-5-9-22(38-2)10-6-20/h3-10,23-24H,11-18H2,1-2H3. The normalized spacial score (nSPS) is 23.0. The van der Waals surface area contributed by atoms with E-state index < -0.39 is 12.1 Å². The van der Waals surface area contributed by atoms with Crippen LogP contribution in [0.25, 0.3) is 0 Å². The molecule has 0 aliphatic carbocycles. The highest BCUT2D eigenvalue weighted by Crippen LogP contribution is 2.26. The van der Waals surface area contributed by atoms with Crippen molar-refractivity contribution in [3.05, 3.63) is 59.7 Å². The molecule has 5 rings (SSSR count). The monoisotopic (exact) mass is 520 g/mol. The number of benzene rings is 2. The smallest absolute Gasteiger partial charge is 0.247 e. The van der Waals surface area contributed by atoms with Gasteiger partial charge in [0.05, 0.1) is 52.2 Å². The molecule has 3 heterocycles. The summed E-state index contributed by atoms with van der Waals surface area (Å²) in [5.41, 5.74) is 1.73. The van der Waals surface area contributed by atoms with Crippen LogP contribution in [0.2, 0.25) is 0 Å². The highest BCUT2D eigenvalue weighted by molar-refractivity contribution is 6.06. The van der Waals surface area contributed by atoms with Gasteiger partial charge >= 0.3 is 0 Å². The molecule has 3 saturated heterocycles. The van der Waals surface area contributed by atoms with Gasteiger partial charge in [-0.2, -0.15) is 0 Å². The zero-order chi connectivity index (χ0) is 26.8. The second kappa shape index (κ2) is 10.9. The topological polar surface area (TPSA) is 99.7 Å². The first-order valence-corrected chi connectivity index (χ1v) is 12.8. The van der Waals surface area contributed by atoms with E-state index in [0.29, 0.717) is 26.2 Å². The van der Waals surface area contributed by atoms with Crippen LogP contribution in [0.4, 0.5) is 0 Å². The van der Waals surface area contributed by atoms with Crippen LogP contribution in [0.3, 0.4) is 0 Å². The van der Waals surface area contributed by atoms with Crippen molar-refractivity contribution in [1.29, 1.82) is 0 Å². The molecule has 0 aromatic heterocycles. The molecule has 10 heteroatoms. The fourth-order valence-electron chi connectivity index (χ4n) is 5.42. The third kappa shape index (κ3) is 5.14. The lowest BCUT2D eigenvalue weighted by atomic mass is 10.1. The summed E-state index contributed by atoms with van der Waals surface area (Å²) in [6.45, 7) is 2.68. The number of methoxy groups -OCH3 is 2. The van der Waals surface area contributed by atoms with E-state index in [9.17, 15) is 19.2 Å². The summed E-state index contributed by atoms with van der Waals surface area (Å²) in [4.78, 5) is 58.4. The maximum Gasteiger partial charge on any atom is 0.247 e. The predicted octanol–water partition coefficient (Wildman–Crippen LogP) is 1.28. The number of carbonyl (C=O) groups is 4. The number of imide groups is 2. The number of piperazine rings is 1. The maximum absolute atomic E-state index is 13.1. The van der Waals surface area contributed by atoms with Gasteiger partial charge in [-0.05, 0) is 35.4 Å². The summed E-state index contributed by atoms with van der Waals surface area (Å²) in [7, 11) is 3.18. The molecule has 0 spiro atoms. The van der Waals surface area contributed by atoms with E-state index in [1.807, 2.05) is 58.3 Å². The van der Waals surface area contributed by atoms with Crippen LogP contribution in [-0.2, 0) is 32.3 Å². The molecule has 3 aliphatic rings. The Hall–Kier alpha value is -3.76. The van der Waals surface area contributed by atoms with Crippen molar-refractivity contribution >= 4 is 23.6 Å². The number of nitrogens with zero attached hydrogens (tertiary/aromatic N) is 4. The van der Waals surface area contributed by atoms with Crippen LogP contribution < -0.4 is 9.47 Å². The van der Waals surface area contributed by atoms with E-state index in [1.54, 1.807) is 14.2 Å². The van der Waals surface area contributed by atoms with Gasteiger partial charge in [-0.1, -0.05) is 24.3 Å². The minimum Gasteiger partial charge on any atom is -0.497 e. The van der Waals surface area contributed by atoms with Gasteiger partial charge in [0, 0.05) is 26.2 Å². The molecule has 2 aromatic rings. The lowest BCUT2D eigenvalue weighted by Crippen LogP contribution is -2.56. The molecule has 0 radical (unpaired) electrons. The maximum atomic E-state index is 13.1. The average Bonchev–Trinajstić information content (AvgIpc) is 3.39. The van der Waals surface area contributed by atoms with Crippen LogP contribution in [0.15, 0.2) is 48.5 Å². The number of hydrogen-bond acceptors (Lipinski definition) is 8. The number of carbonyl (C=O) groups excluding carboxylic acids is 4. The molecule has 4 amide bonds. The Morgan fingerprint density at radius 3 is 1.26 bits per heavy atom. The van der Waals surface area contributed by atoms with Gasteiger partial charge in [0.15, 0.2) is 0 Å². The van der Waals surface area contributed by atoms with Gasteiger partial charge in [-0.15, -0.1) is 0 Å². The second-order valence-corrected chi connectivity index (χ2v) is 9.84. The summed E-state index contributed by atoms with van der Waals surface area (Å²) in [6.07, 6.45) is 0.316. The lowest BCUT2D eigenvalue weighted by Gasteiger charge is -2.38. The van der Waals surface area contributed by atoms with E-state index in [-0.39, 0.29) is 49.6 Å². The van der Waals surface area contributed by atoms with Crippen LogP contribution >= 0.6 is 0 Å². The fraction of sp³-hybridized carbons (Fsp3) is 0.429. The number of likely N-dealkylation sites (tertiary alicyclic amines) is 2. The zero-order valence-electron chi connectivity index (χ0n) is 21.7. The third-order valence-electron chi connectivity index (χ3n) is 7.67. The highest BCUT2D eigenvalue weighted by Gasteiger charge is 2.46. The molecule has 2 unspecified atom stereocenters. The van der Waals surface area contributed by atoms with E-state index in [0.717, 1.165) is 22.6 Å².